The summed E-state index contributed by atoms with van der Waals surface area (Å²) in [5.41, 5.74) is 2.09. The van der Waals surface area contributed by atoms with E-state index in [-0.39, 0.29) is 24.0 Å². The summed E-state index contributed by atoms with van der Waals surface area (Å²) in [5, 5.41) is 6.81. The molecule has 0 spiro atoms. The molecule has 1 aliphatic rings. The van der Waals surface area contributed by atoms with E-state index in [2.05, 4.69) is 43.0 Å². The molecule has 1 saturated heterocycles. The lowest BCUT2D eigenvalue weighted by Gasteiger charge is -2.33. The fourth-order valence-corrected chi connectivity index (χ4v) is 3.62. The van der Waals surface area contributed by atoms with Crippen LogP contribution in [0.4, 0.5) is 0 Å². The molecule has 2 aromatic heterocycles. The van der Waals surface area contributed by atoms with Gasteiger partial charge in [0.2, 0.25) is 0 Å². The van der Waals surface area contributed by atoms with E-state index in [0.29, 0.717) is 0 Å². The number of guanidine groups is 1. The van der Waals surface area contributed by atoms with Gasteiger partial charge in [0.05, 0.1) is 5.69 Å². The summed E-state index contributed by atoms with van der Waals surface area (Å²) in [4.78, 5) is 11.6. The van der Waals surface area contributed by atoms with Gasteiger partial charge in [0.15, 0.2) is 5.96 Å². The zero-order chi connectivity index (χ0) is 18.2. The van der Waals surface area contributed by atoms with Crippen LogP contribution in [0.5, 0.6) is 0 Å². The highest BCUT2D eigenvalue weighted by Gasteiger charge is 2.17. The minimum absolute atomic E-state index is 0. The van der Waals surface area contributed by atoms with Crippen molar-refractivity contribution in [3.63, 3.8) is 0 Å². The van der Waals surface area contributed by atoms with Crippen LogP contribution in [-0.4, -0.2) is 59.5 Å². The average molecular weight is 484 g/mol. The molecule has 0 radical (unpaired) electrons. The maximum absolute atomic E-state index is 4.63. The second-order valence-electron chi connectivity index (χ2n) is 7.11. The lowest BCUT2D eigenvalue weighted by atomic mass is 10.0. The molecular formula is C20H33IN6. The normalized spacial score (nSPS) is 18.3. The number of pyridine rings is 1. The summed E-state index contributed by atoms with van der Waals surface area (Å²) in [7, 11) is 1.83. The maximum Gasteiger partial charge on any atom is 0.190 e. The highest BCUT2D eigenvalue weighted by molar-refractivity contribution is 14.0. The van der Waals surface area contributed by atoms with E-state index in [4.69, 9.17) is 0 Å². The van der Waals surface area contributed by atoms with Crippen molar-refractivity contribution in [1.29, 1.82) is 0 Å². The number of nitrogens with one attached hydrogen (secondary N) is 2. The van der Waals surface area contributed by atoms with E-state index in [0.717, 1.165) is 49.3 Å². The number of hydrogen-bond donors (Lipinski definition) is 2. The standard InChI is InChI=1S/C20H32N6.HI/c1-17-8-3-5-13-25(17)15-7-11-22-20(21-2)23-12-10-18-16-26-14-6-4-9-19(26)24-18;/h4,6,9,14,16-17H,3,5,7-8,10-13,15H2,1-2H3,(H2,21,22,23);1H. The molecule has 6 nitrogen and oxygen atoms in total. The van der Waals surface area contributed by atoms with Crippen LogP contribution in [0.3, 0.4) is 0 Å². The molecule has 150 valence electrons. The molecule has 1 aliphatic heterocycles. The van der Waals surface area contributed by atoms with E-state index in [1.165, 1.54) is 32.4 Å². The van der Waals surface area contributed by atoms with Crippen molar-refractivity contribution in [2.24, 2.45) is 4.99 Å². The zero-order valence-electron chi connectivity index (χ0n) is 16.5. The van der Waals surface area contributed by atoms with Gasteiger partial charge in [-0.3, -0.25) is 4.99 Å². The van der Waals surface area contributed by atoms with Crippen LogP contribution in [0.25, 0.3) is 5.65 Å². The molecule has 0 bridgehead atoms. The van der Waals surface area contributed by atoms with Crippen LogP contribution in [0.2, 0.25) is 0 Å². The van der Waals surface area contributed by atoms with E-state index >= 15 is 0 Å². The number of piperidine rings is 1. The molecule has 1 unspecified atom stereocenters. The Balaban J connectivity index is 0.00000261. The molecule has 2 N–H and O–H groups in total. The first-order chi connectivity index (χ1) is 12.8. The van der Waals surface area contributed by atoms with Crippen molar-refractivity contribution in [1.82, 2.24) is 24.9 Å². The minimum atomic E-state index is 0. The number of rotatable bonds is 7. The number of fused-ring (bicyclic) bond motifs is 1. The maximum atomic E-state index is 4.63. The van der Waals surface area contributed by atoms with Crippen LogP contribution in [-0.2, 0) is 6.42 Å². The minimum Gasteiger partial charge on any atom is -0.356 e. The monoisotopic (exact) mass is 484 g/mol. The molecule has 0 aromatic carbocycles. The van der Waals surface area contributed by atoms with Crippen molar-refractivity contribution < 1.29 is 0 Å². The van der Waals surface area contributed by atoms with Crippen LogP contribution in [0.1, 0.15) is 38.3 Å². The number of nitrogens with zero attached hydrogens (tertiary/aromatic N) is 4. The summed E-state index contributed by atoms with van der Waals surface area (Å²) in [6, 6.07) is 6.81. The number of halogens is 1. The molecule has 1 fully saturated rings. The van der Waals surface area contributed by atoms with E-state index in [9.17, 15) is 0 Å². The molecule has 0 amide bonds. The van der Waals surface area contributed by atoms with Crippen LogP contribution in [0.15, 0.2) is 35.6 Å². The summed E-state index contributed by atoms with van der Waals surface area (Å²) in [5.74, 6) is 0.875. The molecule has 27 heavy (non-hydrogen) atoms. The number of hydrogen-bond acceptors (Lipinski definition) is 3. The van der Waals surface area contributed by atoms with Gasteiger partial charge in [0.1, 0.15) is 5.65 Å². The highest BCUT2D eigenvalue weighted by Crippen LogP contribution is 2.16. The Morgan fingerprint density at radius 2 is 2.11 bits per heavy atom. The predicted octanol–water partition coefficient (Wildman–Crippen LogP) is 2.92. The molecular weight excluding hydrogens is 451 g/mol. The lowest BCUT2D eigenvalue weighted by Crippen LogP contribution is -2.41. The van der Waals surface area contributed by atoms with Gasteiger partial charge >= 0.3 is 0 Å². The van der Waals surface area contributed by atoms with Crippen LogP contribution < -0.4 is 10.6 Å². The number of likely N-dealkylation sites (tertiary alicyclic amines) is 1. The summed E-state index contributed by atoms with van der Waals surface area (Å²) in [6.45, 7) is 6.57. The molecule has 3 rings (SSSR count). The lowest BCUT2D eigenvalue weighted by molar-refractivity contribution is 0.159. The predicted molar refractivity (Wildman–Crippen MR) is 123 cm³/mol. The third-order valence-electron chi connectivity index (χ3n) is 5.17. The van der Waals surface area contributed by atoms with Crippen molar-refractivity contribution in [3.05, 3.63) is 36.3 Å². The summed E-state index contributed by atoms with van der Waals surface area (Å²) < 4.78 is 2.06. The Morgan fingerprint density at radius 3 is 2.89 bits per heavy atom. The van der Waals surface area contributed by atoms with Crippen molar-refractivity contribution in [2.45, 2.75) is 45.1 Å². The third-order valence-corrected chi connectivity index (χ3v) is 5.17. The quantitative estimate of drug-likeness (QED) is 0.275. The Kier molecular flexibility index (Phi) is 9.33. The van der Waals surface area contributed by atoms with Crippen molar-refractivity contribution in [3.8, 4) is 0 Å². The number of aromatic nitrogens is 2. The first-order valence-electron chi connectivity index (χ1n) is 9.87. The van der Waals surface area contributed by atoms with Crippen LogP contribution in [0, 0.1) is 0 Å². The largest absolute Gasteiger partial charge is 0.356 e. The van der Waals surface area contributed by atoms with Crippen molar-refractivity contribution >= 4 is 35.6 Å². The van der Waals surface area contributed by atoms with Crippen molar-refractivity contribution in [2.75, 3.05) is 33.2 Å². The average Bonchev–Trinajstić information content (AvgIpc) is 3.07. The van der Waals surface area contributed by atoms with Gasteiger partial charge in [0.25, 0.3) is 0 Å². The first-order valence-corrected chi connectivity index (χ1v) is 9.87. The first kappa shape index (κ1) is 21.9. The molecule has 0 saturated carbocycles. The Hall–Kier alpha value is -1.35. The van der Waals surface area contributed by atoms with Gasteiger partial charge in [-0.1, -0.05) is 12.5 Å². The van der Waals surface area contributed by atoms with E-state index in [1.807, 2.05) is 31.4 Å². The Morgan fingerprint density at radius 1 is 1.26 bits per heavy atom. The molecule has 3 heterocycles. The van der Waals surface area contributed by atoms with Gasteiger partial charge in [-0.25, -0.2) is 4.98 Å². The smallest absolute Gasteiger partial charge is 0.190 e. The Labute approximate surface area is 179 Å². The summed E-state index contributed by atoms with van der Waals surface area (Å²) >= 11 is 0. The number of imidazole rings is 1. The van der Waals surface area contributed by atoms with Gasteiger partial charge in [-0.15, -0.1) is 24.0 Å². The van der Waals surface area contributed by atoms with Gasteiger partial charge in [0, 0.05) is 51.5 Å². The second-order valence-corrected chi connectivity index (χ2v) is 7.11. The summed E-state index contributed by atoms with van der Waals surface area (Å²) in [6.07, 6.45) is 10.2. The zero-order valence-corrected chi connectivity index (χ0v) is 18.9. The molecule has 7 heteroatoms. The third kappa shape index (κ3) is 6.64. The van der Waals surface area contributed by atoms with Gasteiger partial charge in [-0.2, -0.15) is 0 Å². The highest BCUT2D eigenvalue weighted by atomic mass is 127. The second kappa shape index (κ2) is 11.5. The topological polar surface area (TPSA) is 57.0 Å². The van der Waals surface area contributed by atoms with E-state index in [1.54, 1.807) is 0 Å². The van der Waals surface area contributed by atoms with E-state index < -0.39 is 0 Å². The molecule has 0 aliphatic carbocycles. The fourth-order valence-electron chi connectivity index (χ4n) is 3.62. The SMILES string of the molecule is CN=C(NCCCN1CCCCC1C)NCCc1cn2ccccc2n1.I. The number of aliphatic imine (C=N–C) groups is 1. The van der Waals surface area contributed by atoms with Gasteiger partial charge < -0.3 is 19.9 Å². The molecule has 2 aromatic rings. The molecule has 1 atom stereocenters. The van der Waals surface area contributed by atoms with Gasteiger partial charge in [-0.05, 0) is 44.9 Å². The Bertz CT molecular complexity index is 680. The van der Waals surface area contributed by atoms with Crippen LogP contribution >= 0.6 is 24.0 Å². The fraction of sp³-hybridized carbons (Fsp3) is 0.600.